The van der Waals surface area contributed by atoms with Gasteiger partial charge in [0.1, 0.15) is 11.5 Å². The normalized spacial score (nSPS) is 22.5. The maximum absolute atomic E-state index is 12.9. The van der Waals surface area contributed by atoms with E-state index in [-0.39, 0.29) is 11.8 Å². The molecule has 9 nitrogen and oxygen atoms in total. The average molecular weight is 422 g/mol. The van der Waals surface area contributed by atoms with Crippen LogP contribution in [0, 0.1) is 5.92 Å². The highest BCUT2D eigenvalue weighted by molar-refractivity contribution is 5.94. The molecule has 31 heavy (non-hydrogen) atoms. The van der Waals surface area contributed by atoms with E-state index in [4.69, 9.17) is 4.74 Å². The monoisotopic (exact) mass is 421 g/mol. The van der Waals surface area contributed by atoms with Gasteiger partial charge in [-0.25, -0.2) is 4.98 Å². The lowest BCUT2D eigenvalue weighted by Gasteiger charge is -2.38. The number of anilines is 1. The summed E-state index contributed by atoms with van der Waals surface area (Å²) in [5.74, 6) is 0.662. The van der Waals surface area contributed by atoms with Gasteiger partial charge >= 0.3 is 0 Å². The first kappa shape index (κ1) is 20.0. The lowest BCUT2D eigenvalue weighted by Crippen LogP contribution is -2.45. The fraction of sp³-hybridized carbons (Fsp3) is 0.500. The van der Waals surface area contributed by atoms with E-state index in [0.29, 0.717) is 11.9 Å². The summed E-state index contributed by atoms with van der Waals surface area (Å²) in [4.78, 5) is 24.2. The highest BCUT2D eigenvalue weighted by Crippen LogP contribution is 2.29. The number of hydrogen-bond donors (Lipinski definition) is 1. The zero-order valence-corrected chi connectivity index (χ0v) is 17.7. The van der Waals surface area contributed by atoms with Gasteiger partial charge in [-0.05, 0) is 37.8 Å². The molecule has 2 fully saturated rings. The molecule has 4 heterocycles. The van der Waals surface area contributed by atoms with Gasteiger partial charge in [-0.1, -0.05) is 5.21 Å². The second-order valence-corrected chi connectivity index (χ2v) is 8.41. The number of ether oxygens (including phenoxy) is 1. The molecule has 0 radical (unpaired) electrons. The summed E-state index contributed by atoms with van der Waals surface area (Å²) in [6, 6.07) is 4.45. The summed E-state index contributed by atoms with van der Waals surface area (Å²) in [6.07, 6.45) is 9.27. The van der Waals surface area contributed by atoms with Gasteiger partial charge in [-0.15, -0.1) is 5.10 Å². The Balaban J connectivity index is 1.24. The van der Waals surface area contributed by atoms with Crippen molar-refractivity contribution in [3.8, 4) is 11.3 Å². The fourth-order valence-electron chi connectivity index (χ4n) is 4.59. The van der Waals surface area contributed by atoms with E-state index in [1.165, 1.54) is 0 Å². The van der Waals surface area contributed by atoms with Crippen LogP contribution in [0.25, 0.3) is 22.2 Å². The molecule has 1 N–H and O–H groups in total. The van der Waals surface area contributed by atoms with Crippen molar-refractivity contribution in [2.75, 3.05) is 31.6 Å². The Morgan fingerprint density at radius 3 is 2.65 bits per heavy atom. The number of carbonyl (C=O) groups excluding carboxylic acids is 1. The number of pyridine rings is 2. The van der Waals surface area contributed by atoms with Gasteiger partial charge in [0.2, 0.25) is 5.91 Å². The van der Waals surface area contributed by atoms with Crippen LogP contribution < -0.4 is 5.32 Å². The molecule has 1 amide bonds. The zero-order valence-electron chi connectivity index (χ0n) is 17.7. The van der Waals surface area contributed by atoms with Gasteiger partial charge in [-0.2, -0.15) is 0 Å². The molecule has 0 aromatic carbocycles. The van der Waals surface area contributed by atoms with Crippen molar-refractivity contribution in [2.45, 2.75) is 31.7 Å². The van der Waals surface area contributed by atoms with Crippen LogP contribution in [0.3, 0.4) is 0 Å². The number of rotatable bonds is 4. The van der Waals surface area contributed by atoms with Crippen LogP contribution in [0.1, 0.15) is 25.7 Å². The summed E-state index contributed by atoms with van der Waals surface area (Å²) >= 11 is 0. The Hall–Kier alpha value is -2.91. The predicted molar refractivity (Wildman–Crippen MR) is 116 cm³/mol. The summed E-state index contributed by atoms with van der Waals surface area (Å²) in [6.45, 7) is 3.66. The van der Waals surface area contributed by atoms with E-state index >= 15 is 0 Å². The van der Waals surface area contributed by atoms with Crippen molar-refractivity contribution in [3.63, 3.8) is 0 Å². The van der Waals surface area contributed by atoms with Crippen molar-refractivity contribution >= 4 is 22.6 Å². The Morgan fingerprint density at radius 1 is 1.10 bits per heavy atom. The van der Waals surface area contributed by atoms with Crippen LogP contribution >= 0.6 is 0 Å². The van der Waals surface area contributed by atoms with E-state index in [1.54, 1.807) is 17.1 Å². The van der Waals surface area contributed by atoms with Gasteiger partial charge in [0, 0.05) is 49.2 Å². The lowest BCUT2D eigenvalue weighted by molar-refractivity contribution is -0.121. The van der Waals surface area contributed by atoms with Gasteiger partial charge < -0.3 is 10.1 Å². The van der Waals surface area contributed by atoms with Crippen molar-refractivity contribution in [2.24, 2.45) is 13.0 Å². The third-order valence-corrected chi connectivity index (χ3v) is 6.35. The average Bonchev–Trinajstić information content (AvgIpc) is 3.25. The van der Waals surface area contributed by atoms with Crippen molar-refractivity contribution in [1.29, 1.82) is 0 Å². The van der Waals surface area contributed by atoms with Crippen LogP contribution in [-0.4, -0.2) is 68.1 Å². The molecular weight excluding hydrogens is 394 g/mol. The van der Waals surface area contributed by atoms with Crippen molar-refractivity contribution < 1.29 is 9.53 Å². The van der Waals surface area contributed by atoms with Gasteiger partial charge in [0.25, 0.3) is 0 Å². The molecule has 1 aliphatic heterocycles. The topological polar surface area (TPSA) is 98.1 Å². The largest absolute Gasteiger partial charge is 0.379 e. The van der Waals surface area contributed by atoms with Gasteiger partial charge in [0.15, 0.2) is 0 Å². The van der Waals surface area contributed by atoms with E-state index < -0.39 is 0 Å². The zero-order chi connectivity index (χ0) is 21.2. The van der Waals surface area contributed by atoms with Gasteiger partial charge in [-0.3, -0.25) is 19.4 Å². The third-order valence-electron chi connectivity index (χ3n) is 6.35. The smallest absolute Gasteiger partial charge is 0.228 e. The molecule has 5 rings (SSSR count). The first-order valence-electron chi connectivity index (χ1n) is 10.9. The summed E-state index contributed by atoms with van der Waals surface area (Å²) in [5.41, 5.74) is 2.42. The van der Waals surface area contributed by atoms with E-state index in [0.717, 1.165) is 74.1 Å². The molecule has 162 valence electrons. The second kappa shape index (κ2) is 8.68. The fourth-order valence-corrected chi connectivity index (χ4v) is 4.59. The highest BCUT2D eigenvalue weighted by atomic mass is 16.5. The number of morpholine rings is 1. The minimum atomic E-state index is 0.0406. The molecule has 1 saturated carbocycles. The van der Waals surface area contributed by atoms with Crippen molar-refractivity contribution in [3.05, 3.63) is 30.7 Å². The quantitative estimate of drug-likeness (QED) is 0.690. The first-order valence-corrected chi connectivity index (χ1v) is 10.9. The molecule has 0 bridgehead atoms. The Labute approximate surface area is 180 Å². The third kappa shape index (κ3) is 4.42. The summed E-state index contributed by atoms with van der Waals surface area (Å²) in [7, 11) is 1.83. The van der Waals surface area contributed by atoms with E-state index in [2.05, 4.69) is 30.5 Å². The molecule has 3 aromatic heterocycles. The number of aryl methyl sites for hydroxylation is 1. The molecule has 1 saturated heterocycles. The van der Waals surface area contributed by atoms with Crippen LogP contribution in [-0.2, 0) is 16.6 Å². The van der Waals surface area contributed by atoms with Gasteiger partial charge in [0.05, 0.1) is 31.1 Å². The van der Waals surface area contributed by atoms with Crippen LogP contribution in [0.4, 0.5) is 5.82 Å². The minimum absolute atomic E-state index is 0.0406. The minimum Gasteiger partial charge on any atom is -0.379 e. The standard InChI is InChI=1S/C22H27N7O2/c1-28-14-20(26-27-28)17-10-16-11-21(24-13-19(16)23-12-17)25-22(30)15-2-4-18(5-3-15)29-6-8-31-9-7-29/h10-15,18H,2-9H2,1H3,(H,24,25,30)/t15-,18-. The lowest BCUT2D eigenvalue weighted by atomic mass is 9.84. The maximum Gasteiger partial charge on any atom is 0.228 e. The maximum atomic E-state index is 12.9. The summed E-state index contributed by atoms with van der Waals surface area (Å²) < 4.78 is 7.11. The molecule has 0 spiro atoms. The molecule has 3 aromatic rings. The predicted octanol–water partition coefficient (Wildman–Crippen LogP) is 2.25. The number of fused-ring (bicyclic) bond motifs is 1. The van der Waals surface area contributed by atoms with E-state index in [1.807, 2.05) is 25.4 Å². The highest BCUT2D eigenvalue weighted by Gasteiger charge is 2.30. The first-order chi connectivity index (χ1) is 15.2. The SMILES string of the molecule is Cn1cc(-c2cnc3cnc(NC(=O)[C@H]4CC[C@H](N5CCOCC5)CC4)cc3c2)nn1. The number of aromatic nitrogens is 5. The van der Waals surface area contributed by atoms with Crippen LogP contribution in [0.5, 0.6) is 0 Å². The van der Waals surface area contributed by atoms with Crippen LogP contribution in [0.15, 0.2) is 30.7 Å². The molecule has 1 aliphatic carbocycles. The molecule has 9 heteroatoms. The van der Waals surface area contributed by atoms with Crippen LogP contribution in [0.2, 0.25) is 0 Å². The van der Waals surface area contributed by atoms with Crippen molar-refractivity contribution in [1.82, 2.24) is 29.9 Å². The number of nitrogens with zero attached hydrogens (tertiary/aromatic N) is 6. The molecule has 0 atom stereocenters. The Kier molecular flexibility index (Phi) is 5.61. The Morgan fingerprint density at radius 2 is 1.90 bits per heavy atom. The summed E-state index contributed by atoms with van der Waals surface area (Å²) in [5, 5.41) is 12.0. The Bertz CT molecular complexity index is 1070. The molecule has 2 aliphatic rings. The number of hydrogen-bond acceptors (Lipinski definition) is 7. The number of carbonyl (C=O) groups is 1. The number of nitrogens with one attached hydrogen (secondary N) is 1. The second-order valence-electron chi connectivity index (χ2n) is 8.41. The number of amides is 1. The molecular formula is C22H27N7O2. The van der Waals surface area contributed by atoms with E-state index in [9.17, 15) is 4.79 Å². The molecule has 0 unspecified atom stereocenters.